The Labute approximate surface area is 153 Å². The minimum atomic E-state index is -3.55. The quantitative estimate of drug-likeness (QED) is 0.720. The van der Waals surface area contributed by atoms with Crippen LogP contribution in [0.2, 0.25) is 0 Å². The Hall–Kier alpha value is -2.51. The van der Waals surface area contributed by atoms with Gasteiger partial charge >= 0.3 is 0 Å². The van der Waals surface area contributed by atoms with E-state index in [9.17, 15) is 18.0 Å². The molecule has 0 saturated carbocycles. The van der Waals surface area contributed by atoms with Crippen molar-refractivity contribution in [3.05, 3.63) is 65.7 Å². The van der Waals surface area contributed by atoms with Crippen LogP contribution in [0.5, 0.6) is 0 Å². The van der Waals surface area contributed by atoms with Crippen molar-refractivity contribution < 1.29 is 18.0 Å². The van der Waals surface area contributed by atoms with E-state index < -0.39 is 15.9 Å². The Morgan fingerprint density at radius 3 is 2.38 bits per heavy atom. The predicted molar refractivity (Wildman–Crippen MR) is 101 cm³/mol. The topological polar surface area (TPSA) is 83.5 Å². The SMILES string of the molecule is CC(=O)c1cccc(NC(=O)CCS(=O)(=O)N(C)Cc2ccccc2)c1. The lowest BCUT2D eigenvalue weighted by atomic mass is 10.1. The molecule has 0 atom stereocenters. The van der Waals surface area contributed by atoms with Gasteiger partial charge in [0, 0.05) is 31.3 Å². The van der Waals surface area contributed by atoms with Crippen LogP contribution in [-0.4, -0.2) is 37.2 Å². The second-order valence-corrected chi connectivity index (χ2v) is 8.19. The van der Waals surface area contributed by atoms with E-state index in [2.05, 4.69) is 5.32 Å². The van der Waals surface area contributed by atoms with Crippen LogP contribution >= 0.6 is 0 Å². The third-order valence-corrected chi connectivity index (χ3v) is 5.66. The first-order valence-electron chi connectivity index (χ1n) is 8.17. The van der Waals surface area contributed by atoms with Gasteiger partial charge in [0.1, 0.15) is 0 Å². The Morgan fingerprint density at radius 2 is 1.73 bits per heavy atom. The molecule has 0 aliphatic carbocycles. The van der Waals surface area contributed by atoms with Gasteiger partial charge in [-0.1, -0.05) is 42.5 Å². The number of hydrogen-bond acceptors (Lipinski definition) is 4. The highest BCUT2D eigenvalue weighted by molar-refractivity contribution is 7.89. The van der Waals surface area contributed by atoms with E-state index in [0.29, 0.717) is 11.3 Å². The molecule has 0 heterocycles. The molecule has 0 spiro atoms. The Balaban J connectivity index is 1.91. The van der Waals surface area contributed by atoms with Crippen LogP contribution in [0, 0.1) is 0 Å². The molecule has 0 fully saturated rings. The predicted octanol–water partition coefficient (Wildman–Crippen LogP) is 2.68. The maximum Gasteiger partial charge on any atom is 0.225 e. The summed E-state index contributed by atoms with van der Waals surface area (Å²) in [5.74, 6) is -0.803. The molecule has 1 N–H and O–H groups in total. The van der Waals surface area contributed by atoms with Gasteiger partial charge in [0.25, 0.3) is 0 Å². The lowest BCUT2D eigenvalue weighted by Crippen LogP contribution is -2.30. The van der Waals surface area contributed by atoms with E-state index in [1.165, 1.54) is 18.3 Å². The van der Waals surface area contributed by atoms with Crippen molar-refractivity contribution in [2.75, 3.05) is 18.1 Å². The van der Waals surface area contributed by atoms with Crippen LogP contribution in [0.1, 0.15) is 29.3 Å². The lowest BCUT2D eigenvalue weighted by molar-refractivity contribution is -0.115. The third kappa shape index (κ3) is 5.79. The molecule has 6 nitrogen and oxygen atoms in total. The van der Waals surface area contributed by atoms with Gasteiger partial charge in [-0.05, 0) is 24.6 Å². The number of amides is 1. The number of ketones is 1. The molecule has 0 aliphatic rings. The Bertz CT molecular complexity index is 879. The molecule has 1 amide bonds. The summed E-state index contributed by atoms with van der Waals surface area (Å²) < 4.78 is 25.9. The largest absolute Gasteiger partial charge is 0.326 e. The Kier molecular flexibility index (Phi) is 6.65. The number of carbonyl (C=O) groups is 2. The summed E-state index contributed by atoms with van der Waals surface area (Å²) in [6.45, 7) is 1.70. The number of rotatable bonds is 8. The molecule has 2 aromatic rings. The number of nitrogens with one attached hydrogen (secondary N) is 1. The van der Waals surface area contributed by atoms with E-state index in [-0.39, 0.29) is 24.5 Å². The van der Waals surface area contributed by atoms with Gasteiger partial charge in [-0.15, -0.1) is 0 Å². The van der Waals surface area contributed by atoms with E-state index in [0.717, 1.165) is 5.56 Å². The van der Waals surface area contributed by atoms with Gasteiger partial charge < -0.3 is 5.32 Å². The molecule has 138 valence electrons. The van der Waals surface area contributed by atoms with Crippen LogP contribution in [-0.2, 0) is 21.4 Å². The first-order valence-corrected chi connectivity index (χ1v) is 9.77. The summed E-state index contributed by atoms with van der Waals surface area (Å²) in [5, 5.41) is 2.62. The van der Waals surface area contributed by atoms with Gasteiger partial charge in [0.2, 0.25) is 15.9 Å². The molecule has 0 bridgehead atoms. The zero-order valence-corrected chi connectivity index (χ0v) is 15.6. The fourth-order valence-electron chi connectivity index (χ4n) is 2.36. The zero-order chi connectivity index (χ0) is 19.2. The van der Waals surface area contributed by atoms with Crippen LogP contribution in [0.3, 0.4) is 0 Å². The van der Waals surface area contributed by atoms with Gasteiger partial charge in [0.15, 0.2) is 5.78 Å². The molecule has 0 aliphatic heterocycles. The highest BCUT2D eigenvalue weighted by Gasteiger charge is 2.19. The van der Waals surface area contributed by atoms with E-state index >= 15 is 0 Å². The second kappa shape index (κ2) is 8.73. The molecule has 2 aromatic carbocycles. The maximum atomic E-state index is 12.3. The van der Waals surface area contributed by atoms with Crippen molar-refractivity contribution >= 4 is 27.4 Å². The summed E-state index contributed by atoms with van der Waals surface area (Å²) in [4.78, 5) is 23.4. The van der Waals surface area contributed by atoms with Crippen molar-refractivity contribution in [3.63, 3.8) is 0 Å². The molecule has 0 radical (unpaired) electrons. The number of sulfonamides is 1. The summed E-state index contributed by atoms with van der Waals surface area (Å²) >= 11 is 0. The highest BCUT2D eigenvalue weighted by atomic mass is 32.2. The summed E-state index contributed by atoms with van der Waals surface area (Å²) in [6.07, 6.45) is -0.161. The second-order valence-electron chi connectivity index (χ2n) is 5.99. The molecular formula is C19H22N2O4S. The molecule has 0 aromatic heterocycles. The van der Waals surface area contributed by atoms with Crippen LogP contribution < -0.4 is 5.32 Å². The van der Waals surface area contributed by atoms with Crippen molar-refractivity contribution in [2.45, 2.75) is 19.9 Å². The van der Waals surface area contributed by atoms with Crippen LogP contribution in [0.25, 0.3) is 0 Å². The fourth-order valence-corrected chi connectivity index (χ4v) is 3.46. The minimum absolute atomic E-state index is 0.105. The summed E-state index contributed by atoms with van der Waals surface area (Å²) in [7, 11) is -2.05. The van der Waals surface area contributed by atoms with Gasteiger partial charge in [0.05, 0.1) is 5.75 Å². The standard InChI is InChI=1S/C19H22N2O4S/c1-15(22)17-9-6-10-18(13-17)20-19(23)11-12-26(24,25)21(2)14-16-7-4-3-5-8-16/h3-10,13H,11-12,14H2,1-2H3,(H,20,23). The number of anilines is 1. The summed E-state index contributed by atoms with van der Waals surface area (Å²) in [6, 6.07) is 15.8. The summed E-state index contributed by atoms with van der Waals surface area (Å²) in [5.41, 5.74) is 1.83. The van der Waals surface area contributed by atoms with Crippen molar-refractivity contribution in [2.24, 2.45) is 0 Å². The number of nitrogens with zero attached hydrogens (tertiary/aromatic N) is 1. The molecule has 7 heteroatoms. The highest BCUT2D eigenvalue weighted by Crippen LogP contribution is 2.13. The maximum absolute atomic E-state index is 12.3. The van der Waals surface area contributed by atoms with E-state index in [1.807, 2.05) is 30.3 Å². The van der Waals surface area contributed by atoms with Crippen molar-refractivity contribution in [3.8, 4) is 0 Å². The minimum Gasteiger partial charge on any atom is -0.326 e. The first-order chi connectivity index (χ1) is 12.3. The average molecular weight is 374 g/mol. The molecule has 2 rings (SSSR count). The van der Waals surface area contributed by atoms with Crippen molar-refractivity contribution in [1.82, 2.24) is 4.31 Å². The van der Waals surface area contributed by atoms with Crippen LogP contribution in [0.15, 0.2) is 54.6 Å². The third-order valence-electron chi connectivity index (χ3n) is 3.86. The van der Waals surface area contributed by atoms with Crippen molar-refractivity contribution in [1.29, 1.82) is 0 Å². The number of carbonyl (C=O) groups excluding carboxylic acids is 2. The zero-order valence-electron chi connectivity index (χ0n) is 14.8. The van der Waals surface area contributed by atoms with Gasteiger partial charge in [-0.3, -0.25) is 9.59 Å². The molecule has 0 saturated heterocycles. The smallest absolute Gasteiger partial charge is 0.225 e. The monoisotopic (exact) mass is 374 g/mol. The first kappa shape index (κ1) is 19.8. The van der Waals surface area contributed by atoms with E-state index in [1.54, 1.807) is 24.3 Å². The number of benzene rings is 2. The average Bonchev–Trinajstić information content (AvgIpc) is 2.61. The molecular weight excluding hydrogens is 352 g/mol. The Morgan fingerprint density at radius 1 is 1.04 bits per heavy atom. The number of Topliss-reactive ketones (excluding diaryl/α,β-unsaturated/α-hetero) is 1. The molecule has 26 heavy (non-hydrogen) atoms. The van der Waals surface area contributed by atoms with Crippen LogP contribution in [0.4, 0.5) is 5.69 Å². The lowest BCUT2D eigenvalue weighted by Gasteiger charge is -2.17. The van der Waals surface area contributed by atoms with Gasteiger partial charge in [-0.2, -0.15) is 0 Å². The number of hydrogen-bond donors (Lipinski definition) is 1. The normalized spacial score (nSPS) is 11.3. The van der Waals surface area contributed by atoms with E-state index in [4.69, 9.17) is 0 Å². The molecule has 0 unspecified atom stereocenters. The fraction of sp³-hybridized carbons (Fsp3) is 0.263. The van der Waals surface area contributed by atoms with Gasteiger partial charge in [-0.25, -0.2) is 12.7 Å².